The van der Waals surface area contributed by atoms with Crippen molar-refractivity contribution in [3.63, 3.8) is 0 Å². The molecule has 0 aliphatic heterocycles. The van der Waals surface area contributed by atoms with Gasteiger partial charge in [0.1, 0.15) is 0 Å². The molecule has 0 spiro atoms. The Morgan fingerprint density at radius 1 is 1.20 bits per heavy atom. The number of halogens is 3. The van der Waals surface area contributed by atoms with Gasteiger partial charge >= 0.3 is 5.97 Å². The van der Waals surface area contributed by atoms with E-state index in [4.69, 9.17) is 44.6 Å². The lowest BCUT2D eigenvalue weighted by atomic mass is 10.1. The van der Waals surface area contributed by atoms with Crippen molar-refractivity contribution in [2.45, 2.75) is 0 Å². The Bertz CT molecular complexity index is 666. The van der Waals surface area contributed by atoms with E-state index in [2.05, 4.69) is 4.98 Å². The number of methoxy groups -OCH3 is 1. The molecule has 1 aromatic carbocycles. The maximum Gasteiger partial charge on any atom is 0.354 e. The van der Waals surface area contributed by atoms with Crippen molar-refractivity contribution >= 4 is 40.8 Å². The van der Waals surface area contributed by atoms with Crippen LogP contribution in [0.1, 0.15) is 10.5 Å². The van der Waals surface area contributed by atoms with Crippen molar-refractivity contribution in [1.29, 1.82) is 0 Å². The van der Waals surface area contributed by atoms with Gasteiger partial charge in [-0.05, 0) is 29.8 Å². The summed E-state index contributed by atoms with van der Waals surface area (Å²) in [7, 11) is 1.40. The fraction of sp³-hybridized carbons (Fsp3) is 0.0769. The van der Waals surface area contributed by atoms with Crippen LogP contribution in [0.25, 0.3) is 11.1 Å². The summed E-state index contributed by atoms with van der Waals surface area (Å²) in [6, 6.07) is 6.16. The third-order valence-corrected chi connectivity index (χ3v) is 3.76. The minimum atomic E-state index is -1.14. The average Bonchev–Trinajstić information content (AvgIpc) is 2.43. The van der Waals surface area contributed by atoms with Gasteiger partial charge in [-0.2, -0.15) is 0 Å². The quantitative estimate of drug-likeness (QED) is 0.845. The normalized spacial score (nSPS) is 10.4. The van der Waals surface area contributed by atoms with Gasteiger partial charge in [-0.1, -0.05) is 34.8 Å². The van der Waals surface area contributed by atoms with Gasteiger partial charge in [-0.25, -0.2) is 9.78 Å². The first kappa shape index (κ1) is 14.9. The van der Waals surface area contributed by atoms with Crippen molar-refractivity contribution in [3.8, 4) is 17.0 Å². The average molecular weight is 333 g/mol. The maximum absolute atomic E-state index is 10.9. The molecule has 104 valence electrons. The molecule has 1 heterocycles. The Morgan fingerprint density at radius 3 is 2.30 bits per heavy atom. The molecule has 1 aromatic heterocycles. The zero-order chi connectivity index (χ0) is 14.9. The molecule has 2 rings (SSSR count). The molecule has 0 saturated heterocycles. The van der Waals surface area contributed by atoms with Gasteiger partial charge < -0.3 is 9.84 Å². The first-order valence-corrected chi connectivity index (χ1v) is 6.50. The molecule has 0 saturated carbocycles. The van der Waals surface area contributed by atoms with Crippen LogP contribution in [0.5, 0.6) is 5.88 Å². The summed E-state index contributed by atoms with van der Waals surface area (Å²) in [5.41, 5.74) is 1.08. The number of hydrogen-bond donors (Lipinski definition) is 1. The number of carboxylic acid groups (broad SMARTS) is 1. The monoisotopic (exact) mass is 331 g/mol. The van der Waals surface area contributed by atoms with Crippen molar-refractivity contribution in [2.75, 3.05) is 7.11 Å². The summed E-state index contributed by atoms with van der Waals surface area (Å²) in [6.07, 6.45) is 0. The van der Waals surface area contributed by atoms with E-state index in [0.717, 1.165) is 0 Å². The second kappa shape index (κ2) is 5.87. The number of nitrogens with zero attached hydrogens (tertiary/aromatic N) is 1. The molecule has 0 atom stereocenters. The fourth-order valence-electron chi connectivity index (χ4n) is 1.65. The predicted molar refractivity (Wildman–Crippen MR) is 78.2 cm³/mol. The Morgan fingerprint density at radius 2 is 1.80 bits per heavy atom. The highest BCUT2D eigenvalue weighted by Gasteiger charge is 2.15. The van der Waals surface area contributed by atoms with Crippen LogP contribution in [-0.2, 0) is 0 Å². The van der Waals surface area contributed by atoms with Gasteiger partial charge in [0.15, 0.2) is 5.69 Å². The van der Waals surface area contributed by atoms with Crippen molar-refractivity contribution in [1.82, 2.24) is 4.98 Å². The third-order valence-electron chi connectivity index (χ3n) is 2.57. The molecule has 0 unspecified atom stereocenters. The van der Waals surface area contributed by atoms with Gasteiger partial charge in [0.05, 0.1) is 22.2 Å². The minimum absolute atomic E-state index is 0.114. The van der Waals surface area contributed by atoms with E-state index in [1.807, 2.05) is 0 Å². The molecule has 0 amide bonds. The van der Waals surface area contributed by atoms with Crippen LogP contribution in [-0.4, -0.2) is 23.2 Å². The standard InChI is InChI=1S/C13H8Cl3NO3/c1-20-12-7(2-3-10(17-12)13(18)19)6-4-8(14)11(16)9(15)5-6/h2-5H,1H3,(H,18,19). The number of carboxylic acids is 1. The molecule has 0 radical (unpaired) electrons. The number of aromatic nitrogens is 1. The number of benzene rings is 1. The number of aromatic carboxylic acids is 1. The van der Waals surface area contributed by atoms with E-state index in [0.29, 0.717) is 21.2 Å². The van der Waals surface area contributed by atoms with Gasteiger partial charge in [0.25, 0.3) is 0 Å². The highest BCUT2D eigenvalue weighted by molar-refractivity contribution is 6.48. The van der Waals surface area contributed by atoms with Crippen molar-refractivity contribution in [3.05, 3.63) is 45.0 Å². The topological polar surface area (TPSA) is 59.4 Å². The molecular weight excluding hydrogens is 325 g/mol. The summed E-state index contributed by atoms with van der Waals surface area (Å²) < 4.78 is 5.11. The fourth-order valence-corrected chi connectivity index (χ4v) is 2.24. The molecule has 20 heavy (non-hydrogen) atoms. The molecule has 1 N–H and O–H groups in total. The van der Waals surface area contributed by atoms with E-state index in [-0.39, 0.29) is 16.6 Å². The van der Waals surface area contributed by atoms with E-state index < -0.39 is 5.97 Å². The van der Waals surface area contributed by atoms with Crippen LogP contribution < -0.4 is 4.74 Å². The number of pyridine rings is 1. The molecule has 2 aromatic rings. The molecule has 4 nitrogen and oxygen atoms in total. The molecule has 0 bridgehead atoms. The smallest absolute Gasteiger partial charge is 0.354 e. The first-order chi connectivity index (χ1) is 9.43. The first-order valence-electron chi connectivity index (χ1n) is 5.37. The molecular formula is C13H8Cl3NO3. The summed E-state index contributed by atoms with van der Waals surface area (Å²) in [4.78, 5) is 14.8. The summed E-state index contributed by atoms with van der Waals surface area (Å²) in [6.45, 7) is 0. The van der Waals surface area contributed by atoms with Crippen LogP contribution in [0, 0.1) is 0 Å². The van der Waals surface area contributed by atoms with E-state index in [9.17, 15) is 4.79 Å². The van der Waals surface area contributed by atoms with Gasteiger partial charge in [0.2, 0.25) is 5.88 Å². The number of hydrogen-bond acceptors (Lipinski definition) is 3. The zero-order valence-electron chi connectivity index (χ0n) is 10.2. The lowest BCUT2D eigenvalue weighted by Crippen LogP contribution is -2.02. The van der Waals surface area contributed by atoms with Gasteiger partial charge in [-0.15, -0.1) is 0 Å². The van der Waals surface area contributed by atoms with Crippen molar-refractivity contribution < 1.29 is 14.6 Å². The SMILES string of the molecule is COc1nc(C(=O)O)ccc1-c1cc(Cl)c(Cl)c(Cl)c1. The van der Waals surface area contributed by atoms with Gasteiger partial charge in [-0.3, -0.25) is 0 Å². The number of carbonyl (C=O) groups is 1. The zero-order valence-corrected chi connectivity index (χ0v) is 12.4. The van der Waals surface area contributed by atoms with E-state index >= 15 is 0 Å². The van der Waals surface area contributed by atoms with Crippen LogP contribution in [0.3, 0.4) is 0 Å². The maximum atomic E-state index is 10.9. The molecule has 0 aliphatic carbocycles. The Labute approximate surface area is 129 Å². The summed E-state index contributed by atoms with van der Waals surface area (Å²) >= 11 is 17.8. The molecule has 0 aliphatic rings. The Balaban J connectivity index is 2.60. The number of ether oxygens (including phenoxy) is 1. The van der Waals surface area contributed by atoms with Gasteiger partial charge in [0, 0.05) is 5.56 Å². The lowest BCUT2D eigenvalue weighted by Gasteiger charge is -2.10. The van der Waals surface area contributed by atoms with E-state index in [1.165, 1.54) is 13.2 Å². The Hall–Kier alpha value is -1.49. The predicted octanol–water partition coefficient (Wildman–Crippen LogP) is 4.42. The summed E-state index contributed by atoms with van der Waals surface area (Å²) in [5, 5.41) is 9.75. The molecule has 7 heteroatoms. The van der Waals surface area contributed by atoms with Crippen LogP contribution in [0.15, 0.2) is 24.3 Å². The second-order valence-corrected chi connectivity index (χ2v) is 5.00. The Kier molecular flexibility index (Phi) is 4.38. The third kappa shape index (κ3) is 2.82. The van der Waals surface area contributed by atoms with Crippen LogP contribution in [0.2, 0.25) is 15.1 Å². The highest BCUT2D eigenvalue weighted by Crippen LogP contribution is 2.37. The number of rotatable bonds is 3. The molecule has 0 fully saturated rings. The lowest BCUT2D eigenvalue weighted by molar-refractivity contribution is 0.0689. The second-order valence-electron chi connectivity index (χ2n) is 3.81. The van der Waals surface area contributed by atoms with Crippen molar-refractivity contribution in [2.24, 2.45) is 0 Å². The minimum Gasteiger partial charge on any atom is -0.481 e. The van der Waals surface area contributed by atoms with Crippen LogP contribution >= 0.6 is 34.8 Å². The highest BCUT2D eigenvalue weighted by atomic mass is 35.5. The summed E-state index contributed by atoms with van der Waals surface area (Å²) in [5.74, 6) is -0.971. The van der Waals surface area contributed by atoms with E-state index in [1.54, 1.807) is 18.2 Å². The largest absolute Gasteiger partial charge is 0.481 e. The van der Waals surface area contributed by atoms with Crippen LogP contribution in [0.4, 0.5) is 0 Å².